The number of aryl methyl sites for hydroxylation is 2. The maximum atomic E-state index is 13.6. The number of rotatable bonds is 6. The first-order valence-electron chi connectivity index (χ1n) is 9.35. The van der Waals surface area contributed by atoms with Crippen LogP contribution in [0.5, 0.6) is 0 Å². The van der Waals surface area contributed by atoms with Gasteiger partial charge in [-0.25, -0.2) is 0 Å². The number of nitrogens with two attached hydrogens (primary N) is 1. The maximum Gasteiger partial charge on any atom is 0.416 e. The number of primary amides is 1. The summed E-state index contributed by atoms with van der Waals surface area (Å²) in [7, 11) is 0. The Labute approximate surface area is 162 Å². The van der Waals surface area contributed by atoms with Crippen molar-refractivity contribution >= 4 is 11.6 Å². The van der Waals surface area contributed by atoms with Gasteiger partial charge in [0, 0.05) is 31.9 Å². The second-order valence-electron chi connectivity index (χ2n) is 7.04. The lowest BCUT2D eigenvalue weighted by Gasteiger charge is -2.30. The SMILES string of the molecule is NC(=O)Cc1ccc(CCc2ccc(N3CCNCC3)cc2C(F)(F)F)cc1. The Morgan fingerprint density at radius 1 is 1.00 bits per heavy atom. The molecule has 0 unspecified atom stereocenters. The molecule has 0 spiro atoms. The molecule has 0 bridgehead atoms. The van der Waals surface area contributed by atoms with E-state index < -0.39 is 17.6 Å². The molecule has 0 saturated carbocycles. The number of hydrogen-bond donors (Lipinski definition) is 2. The van der Waals surface area contributed by atoms with Gasteiger partial charge < -0.3 is 16.0 Å². The van der Waals surface area contributed by atoms with E-state index in [0.717, 1.165) is 24.2 Å². The molecule has 1 amide bonds. The van der Waals surface area contributed by atoms with Gasteiger partial charge in [0.05, 0.1) is 12.0 Å². The number of alkyl halides is 3. The number of piperazine rings is 1. The zero-order chi connectivity index (χ0) is 20.1. The molecule has 0 atom stereocenters. The highest BCUT2D eigenvalue weighted by atomic mass is 19.4. The first-order valence-corrected chi connectivity index (χ1v) is 9.35. The van der Waals surface area contributed by atoms with E-state index in [-0.39, 0.29) is 6.42 Å². The first-order chi connectivity index (χ1) is 13.3. The summed E-state index contributed by atoms with van der Waals surface area (Å²) >= 11 is 0. The quantitative estimate of drug-likeness (QED) is 0.796. The third kappa shape index (κ3) is 5.25. The molecule has 0 aliphatic carbocycles. The van der Waals surface area contributed by atoms with Crippen molar-refractivity contribution in [1.82, 2.24) is 5.32 Å². The van der Waals surface area contributed by atoms with Crippen molar-refractivity contribution in [2.75, 3.05) is 31.1 Å². The topological polar surface area (TPSA) is 58.4 Å². The molecule has 0 radical (unpaired) electrons. The number of anilines is 1. The van der Waals surface area contributed by atoms with Gasteiger partial charge in [0.2, 0.25) is 5.91 Å². The summed E-state index contributed by atoms with van der Waals surface area (Å²) in [6.07, 6.45) is -3.44. The Kier molecular flexibility index (Phi) is 6.24. The Balaban J connectivity index is 1.74. The molecule has 1 fully saturated rings. The molecule has 1 saturated heterocycles. The van der Waals surface area contributed by atoms with Crippen molar-refractivity contribution in [2.24, 2.45) is 5.73 Å². The van der Waals surface area contributed by atoms with Crippen LogP contribution in [0.25, 0.3) is 0 Å². The summed E-state index contributed by atoms with van der Waals surface area (Å²) in [6.45, 7) is 2.95. The number of amides is 1. The maximum absolute atomic E-state index is 13.6. The number of benzene rings is 2. The third-order valence-corrected chi connectivity index (χ3v) is 4.97. The number of nitrogens with one attached hydrogen (secondary N) is 1. The van der Waals surface area contributed by atoms with Crippen LogP contribution in [0.4, 0.5) is 18.9 Å². The second kappa shape index (κ2) is 8.65. The van der Waals surface area contributed by atoms with Crippen LogP contribution in [0.1, 0.15) is 22.3 Å². The minimum absolute atomic E-state index is 0.159. The van der Waals surface area contributed by atoms with E-state index in [0.29, 0.717) is 37.2 Å². The fourth-order valence-electron chi connectivity index (χ4n) is 3.47. The molecule has 3 N–H and O–H groups in total. The molecule has 150 valence electrons. The predicted molar refractivity (Wildman–Crippen MR) is 103 cm³/mol. The summed E-state index contributed by atoms with van der Waals surface area (Å²) in [5.74, 6) is -0.410. The highest BCUT2D eigenvalue weighted by Gasteiger charge is 2.33. The van der Waals surface area contributed by atoms with Gasteiger partial charge in [-0.2, -0.15) is 13.2 Å². The largest absolute Gasteiger partial charge is 0.416 e. The summed E-state index contributed by atoms with van der Waals surface area (Å²) in [5, 5.41) is 3.20. The third-order valence-electron chi connectivity index (χ3n) is 4.97. The first kappa shape index (κ1) is 20.2. The molecular weight excluding hydrogens is 367 g/mol. The lowest BCUT2D eigenvalue weighted by Crippen LogP contribution is -2.43. The molecule has 28 heavy (non-hydrogen) atoms. The predicted octanol–water partition coefficient (Wildman–Crippen LogP) is 2.93. The van der Waals surface area contributed by atoms with Crippen molar-refractivity contribution < 1.29 is 18.0 Å². The summed E-state index contributed by atoms with van der Waals surface area (Å²) < 4.78 is 40.9. The minimum Gasteiger partial charge on any atom is -0.369 e. The van der Waals surface area contributed by atoms with Crippen LogP contribution >= 0.6 is 0 Å². The molecule has 1 aliphatic heterocycles. The van der Waals surface area contributed by atoms with E-state index in [1.54, 1.807) is 24.3 Å². The monoisotopic (exact) mass is 391 g/mol. The van der Waals surface area contributed by atoms with Crippen LogP contribution in [0.3, 0.4) is 0 Å². The number of halogens is 3. The van der Waals surface area contributed by atoms with Crippen molar-refractivity contribution in [3.8, 4) is 0 Å². The van der Waals surface area contributed by atoms with Crippen LogP contribution in [-0.4, -0.2) is 32.1 Å². The number of hydrogen-bond acceptors (Lipinski definition) is 3. The van der Waals surface area contributed by atoms with E-state index in [1.165, 1.54) is 6.07 Å². The number of carbonyl (C=O) groups is 1. The van der Waals surface area contributed by atoms with Crippen LogP contribution in [-0.2, 0) is 30.2 Å². The molecule has 7 heteroatoms. The lowest BCUT2D eigenvalue weighted by molar-refractivity contribution is -0.138. The van der Waals surface area contributed by atoms with Crippen molar-refractivity contribution in [3.05, 3.63) is 64.7 Å². The van der Waals surface area contributed by atoms with E-state index in [2.05, 4.69) is 5.32 Å². The standard InChI is InChI=1S/C21H24F3N3O/c22-21(23,24)19-14-18(27-11-9-26-10-12-27)8-7-17(19)6-5-15-1-3-16(4-2-15)13-20(25)28/h1-4,7-8,14,26H,5-6,9-13H2,(H2,25,28). The number of carbonyl (C=O) groups excluding carboxylic acids is 1. The fraction of sp³-hybridized carbons (Fsp3) is 0.381. The Bertz CT molecular complexity index is 813. The van der Waals surface area contributed by atoms with Gasteiger partial charge in [0.15, 0.2) is 0 Å². The normalized spacial score (nSPS) is 14.9. The molecule has 0 aromatic heterocycles. The number of nitrogens with zero attached hydrogens (tertiary/aromatic N) is 1. The highest BCUT2D eigenvalue weighted by molar-refractivity contribution is 5.76. The molecule has 4 nitrogen and oxygen atoms in total. The van der Waals surface area contributed by atoms with Crippen LogP contribution in [0.2, 0.25) is 0 Å². The molecule has 3 rings (SSSR count). The van der Waals surface area contributed by atoms with Gasteiger partial charge in [0.1, 0.15) is 0 Å². The summed E-state index contributed by atoms with van der Waals surface area (Å²) in [6, 6.07) is 11.9. The van der Waals surface area contributed by atoms with Gasteiger partial charge in [0.25, 0.3) is 0 Å². The zero-order valence-corrected chi connectivity index (χ0v) is 15.6. The van der Waals surface area contributed by atoms with E-state index in [1.807, 2.05) is 17.0 Å². The lowest BCUT2D eigenvalue weighted by atomic mass is 9.97. The Morgan fingerprint density at radius 2 is 1.64 bits per heavy atom. The molecule has 2 aromatic carbocycles. The summed E-state index contributed by atoms with van der Waals surface area (Å²) in [5.41, 5.74) is 7.25. The Morgan fingerprint density at radius 3 is 2.25 bits per heavy atom. The Hall–Kier alpha value is -2.54. The van der Waals surface area contributed by atoms with Gasteiger partial charge in [-0.15, -0.1) is 0 Å². The van der Waals surface area contributed by atoms with Gasteiger partial charge >= 0.3 is 6.18 Å². The summed E-state index contributed by atoms with van der Waals surface area (Å²) in [4.78, 5) is 12.9. The zero-order valence-electron chi connectivity index (χ0n) is 15.6. The minimum atomic E-state index is -4.38. The van der Waals surface area contributed by atoms with Crippen LogP contribution in [0.15, 0.2) is 42.5 Å². The smallest absolute Gasteiger partial charge is 0.369 e. The average Bonchev–Trinajstić information content (AvgIpc) is 2.67. The molecule has 2 aromatic rings. The molecule has 1 heterocycles. The molecule has 1 aliphatic rings. The highest BCUT2D eigenvalue weighted by Crippen LogP contribution is 2.35. The molecular formula is C21H24F3N3O. The van der Waals surface area contributed by atoms with E-state index in [9.17, 15) is 18.0 Å². The van der Waals surface area contributed by atoms with Gasteiger partial charge in [-0.05, 0) is 41.7 Å². The average molecular weight is 391 g/mol. The van der Waals surface area contributed by atoms with Crippen LogP contribution in [0, 0.1) is 0 Å². The fourth-order valence-corrected chi connectivity index (χ4v) is 3.47. The van der Waals surface area contributed by atoms with Gasteiger partial charge in [-0.3, -0.25) is 4.79 Å². The van der Waals surface area contributed by atoms with Crippen molar-refractivity contribution in [3.63, 3.8) is 0 Å². The van der Waals surface area contributed by atoms with Gasteiger partial charge in [-0.1, -0.05) is 30.3 Å². The van der Waals surface area contributed by atoms with Crippen molar-refractivity contribution in [2.45, 2.75) is 25.4 Å². The second-order valence-corrected chi connectivity index (χ2v) is 7.04. The van der Waals surface area contributed by atoms with Crippen molar-refractivity contribution in [1.29, 1.82) is 0 Å². The van der Waals surface area contributed by atoms with E-state index in [4.69, 9.17) is 5.73 Å². The van der Waals surface area contributed by atoms with E-state index >= 15 is 0 Å². The van der Waals surface area contributed by atoms with Crippen LogP contribution < -0.4 is 16.0 Å².